The molecule has 2 saturated heterocycles. The van der Waals surface area contributed by atoms with Crippen LogP contribution in [0.3, 0.4) is 0 Å². The molecule has 0 spiro atoms. The predicted octanol–water partition coefficient (Wildman–Crippen LogP) is 1.83. The Balaban J connectivity index is 1.72. The van der Waals surface area contributed by atoms with E-state index in [0.717, 1.165) is 12.8 Å². The maximum atomic E-state index is 13.0. The van der Waals surface area contributed by atoms with E-state index in [1.54, 1.807) is 23.6 Å². The number of carbonyl (C=O) groups excluding carboxylic acids is 2. The van der Waals surface area contributed by atoms with Gasteiger partial charge in [0.25, 0.3) is 11.8 Å². The van der Waals surface area contributed by atoms with Crippen LogP contribution in [0.25, 0.3) is 0 Å². The van der Waals surface area contributed by atoms with Gasteiger partial charge in [0.15, 0.2) is 0 Å². The van der Waals surface area contributed by atoms with Crippen molar-refractivity contribution in [1.82, 2.24) is 14.1 Å². The SMILES string of the molecule is CC(C)N(C)S(=O)(=O)c1ccc(Cl)c(C(=O)N2CCN(C(=O)C3CCCO3)CC2)c1. The summed E-state index contributed by atoms with van der Waals surface area (Å²) in [5, 5.41) is 0.198. The Morgan fingerprint density at radius 1 is 1.17 bits per heavy atom. The molecule has 0 aromatic heterocycles. The van der Waals surface area contributed by atoms with Gasteiger partial charge in [0.2, 0.25) is 10.0 Å². The van der Waals surface area contributed by atoms with Gasteiger partial charge in [-0.3, -0.25) is 9.59 Å². The van der Waals surface area contributed by atoms with Crippen molar-refractivity contribution in [3.63, 3.8) is 0 Å². The number of hydrogen-bond acceptors (Lipinski definition) is 5. The molecular formula is C20H28ClN3O5S. The van der Waals surface area contributed by atoms with Crippen molar-refractivity contribution in [3.05, 3.63) is 28.8 Å². The van der Waals surface area contributed by atoms with Crippen LogP contribution < -0.4 is 0 Å². The van der Waals surface area contributed by atoms with Crippen LogP contribution in [0.5, 0.6) is 0 Å². The zero-order valence-corrected chi connectivity index (χ0v) is 19.1. The maximum Gasteiger partial charge on any atom is 0.255 e. The summed E-state index contributed by atoms with van der Waals surface area (Å²) < 4.78 is 32.3. The van der Waals surface area contributed by atoms with Gasteiger partial charge in [0.05, 0.1) is 15.5 Å². The van der Waals surface area contributed by atoms with Gasteiger partial charge in [-0.2, -0.15) is 4.31 Å². The van der Waals surface area contributed by atoms with Crippen molar-refractivity contribution in [2.24, 2.45) is 0 Å². The van der Waals surface area contributed by atoms with Gasteiger partial charge in [-0.25, -0.2) is 8.42 Å². The Morgan fingerprint density at radius 3 is 2.37 bits per heavy atom. The van der Waals surface area contributed by atoms with Crippen molar-refractivity contribution in [2.75, 3.05) is 39.8 Å². The molecule has 2 amide bonds. The summed E-state index contributed by atoms with van der Waals surface area (Å²) in [7, 11) is -2.23. The molecule has 2 fully saturated rings. The highest BCUT2D eigenvalue weighted by atomic mass is 35.5. The fourth-order valence-corrected chi connectivity index (χ4v) is 5.14. The van der Waals surface area contributed by atoms with Gasteiger partial charge in [0.1, 0.15) is 6.10 Å². The fraction of sp³-hybridized carbons (Fsp3) is 0.600. The van der Waals surface area contributed by atoms with E-state index in [2.05, 4.69) is 0 Å². The van der Waals surface area contributed by atoms with Crippen LogP contribution in [0.2, 0.25) is 5.02 Å². The Hall–Kier alpha value is -1.68. The number of amides is 2. The minimum atomic E-state index is -3.73. The first-order valence-electron chi connectivity index (χ1n) is 10.1. The molecule has 2 aliphatic rings. The average molecular weight is 458 g/mol. The van der Waals surface area contributed by atoms with Gasteiger partial charge in [0, 0.05) is 45.9 Å². The maximum absolute atomic E-state index is 13.0. The normalized spacial score (nSPS) is 20.3. The third kappa shape index (κ3) is 4.64. The van der Waals surface area contributed by atoms with Crippen LogP contribution in [0.4, 0.5) is 0 Å². The average Bonchev–Trinajstić information content (AvgIpc) is 3.27. The molecule has 10 heteroatoms. The number of halogens is 1. The first-order chi connectivity index (χ1) is 14.1. The molecule has 0 bridgehead atoms. The monoisotopic (exact) mass is 457 g/mol. The quantitative estimate of drug-likeness (QED) is 0.673. The van der Waals surface area contributed by atoms with Gasteiger partial charge < -0.3 is 14.5 Å². The highest BCUT2D eigenvalue weighted by Gasteiger charge is 2.32. The lowest BCUT2D eigenvalue weighted by Gasteiger charge is -2.36. The standard InChI is InChI=1S/C20H28ClN3O5S/c1-14(2)22(3)30(27,28)15-6-7-17(21)16(13-15)19(25)23-8-10-24(11-9-23)20(26)18-5-4-12-29-18/h6-7,13-14,18H,4-5,8-12H2,1-3H3. The zero-order valence-electron chi connectivity index (χ0n) is 17.5. The summed E-state index contributed by atoms with van der Waals surface area (Å²) in [5.74, 6) is -0.365. The molecule has 2 aliphatic heterocycles. The molecule has 1 unspecified atom stereocenters. The number of rotatable bonds is 5. The molecule has 30 heavy (non-hydrogen) atoms. The third-order valence-corrected chi connectivity index (χ3v) is 8.02. The number of carbonyl (C=O) groups is 2. The minimum absolute atomic E-state index is 0.0255. The predicted molar refractivity (Wildman–Crippen MR) is 113 cm³/mol. The van der Waals surface area contributed by atoms with Crippen LogP contribution in [0.1, 0.15) is 37.0 Å². The van der Waals surface area contributed by atoms with E-state index in [1.807, 2.05) is 0 Å². The summed E-state index contributed by atoms with van der Waals surface area (Å²) in [6.07, 6.45) is 1.25. The Morgan fingerprint density at radius 2 is 1.80 bits per heavy atom. The van der Waals surface area contributed by atoms with Gasteiger partial charge in [-0.15, -0.1) is 0 Å². The van der Waals surface area contributed by atoms with Crippen LogP contribution in [0.15, 0.2) is 23.1 Å². The summed E-state index contributed by atoms with van der Waals surface area (Å²) in [6, 6.07) is 3.96. The van der Waals surface area contributed by atoms with Crippen molar-refractivity contribution in [3.8, 4) is 0 Å². The number of nitrogens with zero attached hydrogens (tertiary/aromatic N) is 3. The van der Waals surface area contributed by atoms with E-state index in [9.17, 15) is 18.0 Å². The smallest absolute Gasteiger partial charge is 0.255 e. The van der Waals surface area contributed by atoms with E-state index < -0.39 is 10.0 Å². The van der Waals surface area contributed by atoms with Crippen LogP contribution in [0, 0.1) is 0 Å². The minimum Gasteiger partial charge on any atom is -0.368 e. The van der Waals surface area contributed by atoms with Crippen molar-refractivity contribution >= 4 is 33.4 Å². The molecular weight excluding hydrogens is 430 g/mol. The molecule has 1 aromatic carbocycles. The van der Waals surface area contributed by atoms with E-state index in [-0.39, 0.29) is 39.4 Å². The van der Waals surface area contributed by atoms with Gasteiger partial charge >= 0.3 is 0 Å². The summed E-state index contributed by atoms with van der Waals surface area (Å²) in [4.78, 5) is 28.9. The largest absolute Gasteiger partial charge is 0.368 e. The Kier molecular flexibility index (Phi) is 7.06. The molecule has 166 valence electrons. The molecule has 1 aromatic rings. The van der Waals surface area contributed by atoms with Crippen LogP contribution in [-0.2, 0) is 19.6 Å². The van der Waals surface area contributed by atoms with Crippen molar-refractivity contribution < 1.29 is 22.7 Å². The molecule has 8 nitrogen and oxygen atoms in total. The molecule has 1 atom stereocenters. The van der Waals surface area contributed by atoms with Gasteiger partial charge in [-0.1, -0.05) is 11.6 Å². The summed E-state index contributed by atoms with van der Waals surface area (Å²) in [5.41, 5.74) is 0.147. The molecule has 0 N–H and O–H groups in total. The number of ether oxygens (including phenoxy) is 1. The first kappa shape index (κ1) is 23.0. The second-order valence-corrected chi connectivity index (χ2v) is 10.3. The fourth-order valence-electron chi connectivity index (χ4n) is 3.55. The number of benzene rings is 1. The zero-order chi connectivity index (χ0) is 22.1. The van der Waals surface area contributed by atoms with E-state index >= 15 is 0 Å². The lowest BCUT2D eigenvalue weighted by molar-refractivity contribution is -0.142. The van der Waals surface area contributed by atoms with Gasteiger partial charge in [-0.05, 0) is 44.9 Å². The third-order valence-electron chi connectivity index (χ3n) is 5.66. The Labute approximate surface area is 182 Å². The lowest BCUT2D eigenvalue weighted by atomic mass is 10.1. The second kappa shape index (κ2) is 9.21. The number of sulfonamides is 1. The van der Waals surface area contributed by atoms with E-state index in [0.29, 0.717) is 32.8 Å². The van der Waals surface area contributed by atoms with E-state index in [4.69, 9.17) is 16.3 Å². The summed E-state index contributed by atoms with van der Waals surface area (Å²) in [6.45, 7) is 5.70. The Bertz CT molecular complexity index is 907. The number of hydrogen-bond donors (Lipinski definition) is 0. The summed E-state index contributed by atoms with van der Waals surface area (Å²) >= 11 is 6.23. The highest BCUT2D eigenvalue weighted by molar-refractivity contribution is 7.89. The van der Waals surface area contributed by atoms with E-state index in [1.165, 1.54) is 29.6 Å². The topological polar surface area (TPSA) is 87.2 Å². The molecule has 3 rings (SSSR count). The van der Waals surface area contributed by atoms with Crippen molar-refractivity contribution in [1.29, 1.82) is 0 Å². The van der Waals surface area contributed by atoms with Crippen molar-refractivity contribution in [2.45, 2.75) is 43.7 Å². The molecule has 0 aliphatic carbocycles. The highest BCUT2D eigenvalue weighted by Crippen LogP contribution is 2.25. The molecule has 0 saturated carbocycles. The second-order valence-electron chi connectivity index (χ2n) is 7.88. The van der Waals surface area contributed by atoms with Crippen LogP contribution >= 0.6 is 11.6 Å². The number of piperazine rings is 1. The lowest BCUT2D eigenvalue weighted by Crippen LogP contribution is -2.52. The van der Waals surface area contributed by atoms with Crippen LogP contribution in [-0.4, -0.2) is 86.3 Å². The molecule has 2 heterocycles. The first-order valence-corrected chi connectivity index (χ1v) is 11.9. The molecule has 0 radical (unpaired) electrons.